The minimum Gasteiger partial charge on any atom is -0.475 e. The minimum atomic E-state index is -5.08. The lowest BCUT2D eigenvalue weighted by Crippen LogP contribution is -2.26. The van der Waals surface area contributed by atoms with E-state index in [-0.39, 0.29) is 5.82 Å². The number of carboxylic acid groups (broad SMARTS) is 1. The Bertz CT molecular complexity index is 822. The molecule has 3 rings (SSSR count). The number of carbonyl (C=O) groups is 1. The Hall–Kier alpha value is -2.68. The highest BCUT2D eigenvalue weighted by molar-refractivity contribution is 5.73. The average Bonchev–Trinajstić information content (AvgIpc) is 2.70. The summed E-state index contributed by atoms with van der Waals surface area (Å²) in [6.45, 7) is 4.04. The van der Waals surface area contributed by atoms with E-state index in [4.69, 9.17) is 14.6 Å². The highest BCUT2D eigenvalue weighted by atomic mass is 19.4. The zero-order chi connectivity index (χ0) is 21.4. The number of aliphatic carboxylic acids is 1. The number of benzene rings is 1. The largest absolute Gasteiger partial charge is 0.490 e. The van der Waals surface area contributed by atoms with Gasteiger partial charge in [0.25, 0.3) is 0 Å². The van der Waals surface area contributed by atoms with Gasteiger partial charge in [-0.25, -0.2) is 14.2 Å². The molecule has 9 heteroatoms. The number of nitrogens with zero attached hydrogens (tertiary/aromatic N) is 1. The standard InChI is InChI=1S/C18H21FN2O.C2HF3O2/c1-2-13-12-15(19)5-6-17(13)22-18-16(4-3-9-21-18)14-7-10-20-11-8-14;3-2(4,5)1(6)7/h3-6,9,12,14,20H,2,7-8,10-11H2,1H3;(H,6,7). The van der Waals surface area contributed by atoms with E-state index in [0.29, 0.717) is 17.5 Å². The summed E-state index contributed by atoms with van der Waals surface area (Å²) in [5, 5.41) is 10.5. The quantitative estimate of drug-likeness (QED) is 0.711. The average molecular weight is 414 g/mol. The van der Waals surface area contributed by atoms with Crippen LogP contribution in [0, 0.1) is 5.82 Å². The number of nitrogens with one attached hydrogen (secondary N) is 1. The van der Waals surface area contributed by atoms with Crippen molar-refractivity contribution in [1.82, 2.24) is 10.3 Å². The second-order valence-corrected chi connectivity index (χ2v) is 6.43. The van der Waals surface area contributed by atoms with Crippen LogP contribution in [0.25, 0.3) is 0 Å². The lowest BCUT2D eigenvalue weighted by molar-refractivity contribution is -0.192. The van der Waals surface area contributed by atoms with Crippen molar-refractivity contribution in [3.63, 3.8) is 0 Å². The molecule has 0 radical (unpaired) electrons. The number of pyridine rings is 1. The van der Waals surface area contributed by atoms with Crippen molar-refractivity contribution in [1.29, 1.82) is 0 Å². The molecule has 2 aromatic rings. The van der Waals surface area contributed by atoms with E-state index in [2.05, 4.69) is 16.4 Å². The Morgan fingerprint density at radius 3 is 2.52 bits per heavy atom. The van der Waals surface area contributed by atoms with Gasteiger partial charge in [-0.2, -0.15) is 13.2 Å². The van der Waals surface area contributed by atoms with Crippen LogP contribution in [-0.2, 0) is 11.2 Å². The molecule has 1 fully saturated rings. The van der Waals surface area contributed by atoms with Crippen molar-refractivity contribution >= 4 is 5.97 Å². The van der Waals surface area contributed by atoms with Crippen LogP contribution < -0.4 is 10.1 Å². The topological polar surface area (TPSA) is 71.5 Å². The first-order valence-corrected chi connectivity index (χ1v) is 9.14. The van der Waals surface area contributed by atoms with Crippen LogP contribution in [0.15, 0.2) is 36.5 Å². The second kappa shape index (κ2) is 10.2. The van der Waals surface area contributed by atoms with Gasteiger partial charge in [-0.3, -0.25) is 0 Å². The SMILES string of the molecule is CCc1cc(F)ccc1Oc1ncccc1C1CCNCC1.O=C(O)C(F)(F)F. The molecule has 2 N–H and O–H groups in total. The second-order valence-electron chi connectivity index (χ2n) is 6.43. The van der Waals surface area contributed by atoms with Crippen LogP contribution in [-0.4, -0.2) is 35.3 Å². The Kier molecular flexibility index (Phi) is 7.95. The number of halogens is 4. The van der Waals surface area contributed by atoms with Crippen LogP contribution in [0.1, 0.15) is 36.8 Å². The van der Waals surface area contributed by atoms with Crippen LogP contribution in [0.4, 0.5) is 17.6 Å². The Morgan fingerprint density at radius 2 is 1.93 bits per heavy atom. The number of hydrogen-bond acceptors (Lipinski definition) is 4. The molecule has 2 heterocycles. The van der Waals surface area contributed by atoms with Gasteiger partial charge in [0.2, 0.25) is 5.88 Å². The number of ether oxygens (including phenoxy) is 1. The maximum atomic E-state index is 13.4. The van der Waals surface area contributed by atoms with E-state index in [1.54, 1.807) is 12.3 Å². The fourth-order valence-corrected chi connectivity index (χ4v) is 2.96. The molecule has 29 heavy (non-hydrogen) atoms. The van der Waals surface area contributed by atoms with Crippen LogP contribution in [0.5, 0.6) is 11.6 Å². The van der Waals surface area contributed by atoms with Gasteiger partial charge in [0.1, 0.15) is 11.6 Å². The van der Waals surface area contributed by atoms with E-state index in [1.807, 2.05) is 13.0 Å². The minimum absolute atomic E-state index is 0.233. The van der Waals surface area contributed by atoms with Gasteiger partial charge in [0.15, 0.2) is 0 Å². The molecule has 1 saturated heterocycles. The molecule has 0 aliphatic carbocycles. The highest BCUT2D eigenvalue weighted by Gasteiger charge is 2.38. The van der Waals surface area contributed by atoms with Gasteiger partial charge >= 0.3 is 12.1 Å². The monoisotopic (exact) mass is 414 g/mol. The molecule has 1 aliphatic rings. The predicted octanol–water partition coefficient (Wildman–Crippen LogP) is 4.68. The summed E-state index contributed by atoms with van der Waals surface area (Å²) in [4.78, 5) is 13.3. The molecular weight excluding hydrogens is 392 g/mol. The van der Waals surface area contributed by atoms with Crippen LogP contribution >= 0.6 is 0 Å². The van der Waals surface area contributed by atoms with Gasteiger partial charge < -0.3 is 15.2 Å². The van der Waals surface area contributed by atoms with Gasteiger partial charge in [-0.15, -0.1) is 0 Å². The summed E-state index contributed by atoms with van der Waals surface area (Å²) >= 11 is 0. The fourth-order valence-electron chi connectivity index (χ4n) is 2.96. The first kappa shape index (κ1) is 22.6. The molecule has 0 saturated carbocycles. The molecular formula is C20H22F4N2O3. The van der Waals surface area contributed by atoms with Crippen LogP contribution in [0.3, 0.4) is 0 Å². The number of aromatic nitrogens is 1. The predicted molar refractivity (Wildman–Crippen MR) is 98.6 cm³/mol. The van der Waals surface area contributed by atoms with E-state index >= 15 is 0 Å². The molecule has 158 valence electrons. The molecule has 1 aliphatic heterocycles. The summed E-state index contributed by atoms with van der Waals surface area (Å²) in [5.41, 5.74) is 2.01. The zero-order valence-electron chi connectivity index (χ0n) is 15.8. The summed E-state index contributed by atoms with van der Waals surface area (Å²) in [6, 6.07) is 8.70. The Labute approximate surface area is 165 Å². The third-order valence-corrected chi connectivity index (χ3v) is 4.43. The smallest absolute Gasteiger partial charge is 0.475 e. The summed E-state index contributed by atoms with van der Waals surface area (Å²) in [6.07, 6.45) is -0.435. The fraction of sp³-hybridized carbons (Fsp3) is 0.400. The molecule has 1 aromatic heterocycles. The number of aryl methyl sites for hydroxylation is 1. The Morgan fingerprint density at radius 1 is 1.28 bits per heavy atom. The zero-order valence-corrected chi connectivity index (χ0v) is 15.8. The molecule has 0 spiro atoms. The van der Waals surface area contributed by atoms with Crippen molar-refractivity contribution < 1.29 is 32.2 Å². The van der Waals surface area contributed by atoms with Crippen molar-refractivity contribution in [2.24, 2.45) is 0 Å². The molecule has 5 nitrogen and oxygen atoms in total. The maximum absolute atomic E-state index is 13.4. The van der Waals surface area contributed by atoms with Crippen molar-refractivity contribution in [2.45, 2.75) is 38.3 Å². The van der Waals surface area contributed by atoms with E-state index in [0.717, 1.165) is 43.5 Å². The van der Waals surface area contributed by atoms with E-state index < -0.39 is 12.1 Å². The van der Waals surface area contributed by atoms with E-state index in [1.165, 1.54) is 12.1 Å². The van der Waals surface area contributed by atoms with Gasteiger partial charge in [0, 0.05) is 11.8 Å². The van der Waals surface area contributed by atoms with Crippen molar-refractivity contribution in [3.8, 4) is 11.6 Å². The Balaban J connectivity index is 0.000000370. The number of hydrogen-bond donors (Lipinski definition) is 2. The van der Waals surface area contributed by atoms with Crippen LogP contribution in [0.2, 0.25) is 0 Å². The summed E-state index contributed by atoms with van der Waals surface area (Å²) < 4.78 is 51.1. The lowest BCUT2D eigenvalue weighted by atomic mass is 9.91. The number of rotatable bonds is 4. The molecule has 0 atom stereocenters. The first-order valence-electron chi connectivity index (χ1n) is 9.14. The van der Waals surface area contributed by atoms with Crippen molar-refractivity contribution in [3.05, 3.63) is 53.5 Å². The molecule has 0 unspecified atom stereocenters. The normalized spacial score (nSPS) is 14.7. The maximum Gasteiger partial charge on any atom is 0.490 e. The van der Waals surface area contributed by atoms with E-state index in [9.17, 15) is 17.6 Å². The molecule has 0 bridgehead atoms. The number of alkyl halides is 3. The van der Waals surface area contributed by atoms with Gasteiger partial charge in [0.05, 0.1) is 0 Å². The summed E-state index contributed by atoms with van der Waals surface area (Å²) in [5.74, 6) is -1.18. The number of carboxylic acids is 1. The first-order chi connectivity index (χ1) is 13.7. The third-order valence-electron chi connectivity index (χ3n) is 4.43. The third kappa shape index (κ3) is 6.70. The van der Waals surface area contributed by atoms with Gasteiger partial charge in [-0.1, -0.05) is 13.0 Å². The lowest BCUT2D eigenvalue weighted by Gasteiger charge is -2.24. The number of piperidine rings is 1. The molecule has 0 amide bonds. The summed E-state index contributed by atoms with van der Waals surface area (Å²) in [7, 11) is 0. The van der Waals surface area contributed by atoms with Crippen molar-refractivity contribution in [2.75, 3.05) is 13.1 Å². The highest BCUT2D eigenvalue weighted by Crippen LogP contribution is 2.34. The molecule has 1 aromatic carbocycles. The van der Waals surface area contributed by atoms with Gasteiger partial charge in [-0.05, 0) is 68.1 Å².